The van der Waals surface area contributed by atoms with E-state index in [1.807, 2.05) is 0 Å². The van der Waals surface area contributed by atoms with Crippen LogP contribution in [-0.2, 0) is 9.59 Å². The lowest BCUT2D eigenvalue weighted by Gasteiger charge is -2.07. The predicted octanol–water partition coefficient (Wildman–Crippen LogP) is 5.86. The monoisotopic (exact) mass is 520 g/mol. The molecule has 1 saturated heterocycles. The highest BCUT2D eigenvalue weighted by molar-refractivity contribution is 8.15. The van der Waals surface area contributed by atoms with E-state index in [9.17, 15) is 9.59 Å². The minimum atomic E-state index is -0.605. The number of hydrogen-bond acceptors (Lipinski definition) is 6. The molecule has 1 fully saturated rings. The van der Waals surface area contributed by atoms with Crippen molar-refractivity contribution in [3.05, 3.63) is 75.4 Å². The molecule has 2 amide bonds. The number of anilines is 1. The molecule has 2 heterocycles. The fourth-order valence-electron chi connectivity index (χ4n) is 2.90. The van der Waals surface area contributed by atoms with Gasteiger partial charge in [-0.05, 0) is 48.5 Å². The molecule has 7 nitrogen and oxygen atoms in total. The summed E-state index contributed by atoms with van der Waals surface area (Å²) in [4.78, 5) is 24.4. The number of nitrogens with one attached hydrogen (secondary N) is 2. The molecular weight excluding hydrogens is 507 g/mol. The van der Waals surface area contributed by atoms with Gasteiger partial charge in [-0.2, -0.15) is 5.10 Å². The van der Waals surface area contributed by atoms with Crippen LogP contribution in [-0.4, -0.2) is 28.4 Å². The summed E-state index contributed by atoms with van der Waals surface area (Å²) in [5, 5.41) is 14.4. The second-order valence-corrected chi connectivity index (χ2v) is 9.22. The van der Waals surface area contributed by atoms with Crippen LogP contribution in [0.1, 0.15) is 12.2 Å². The van der Waals surface area contributed by atoms with E-state index in [4.69, 9.17) is 39.2 Å². The van der Waals surface area contributed by atoms with Gasteiger partial charge in [-0.1, -0.05) is 52.6 Å². The Kier molecular flexibility index (Phi) is 7.39. The standard InChI is InChI=1S/C22H15Cl3N4O3S/c23-12-4-6-13(7-5-12)27-19(30)10-18-21(31)28-22(33-18)29-26-11-14-8-9-17(32-14)15-2-1-3-16(24)20(15)25/h1-9,11,18H,10H2,(H,27,30)(H,28,29,31)/b26-11+. The van der Waals surface area contributed by atoms with E-state index in [0.717, 1.165) is 11.8 Å². The van der Waals surface area contributed by atoms with Crippen LogP contribution < -0.4 is 10.6 Å². The number of nitrogens with zero attached hydrogens (tertiary/aromatic N) is 2. The van der Waals surface area contributed by atoms with Gasteiger partial charge in [0, 0.05) is 22.7 Å². The third kappa shape index (κ3) is 5.97. The normalized spacial score (nSPS) is 17.0. The molecule has 1 aliphatic rings. The van der Waals surface area contributed by atoms with Gasteiger partial charge in [0.15, 0.2) is 5.17 Å². The molecule has 11 heteroatoms. The van der Waals surface area contributed by atoms with E-state index in [1.165, 1.54) is 6.21 Å². The molecule has 168 valence electrons. The molecule has 1 unspecified atom stereocenters. The van der Waals surface area contributed by atoms with E-state index in [-0.39, 0.29) is 18.2 Å². The summed E-state index contributed by atoms with van der Waals surface area (Å²) < 4.78 is 5.71. The third-order valence-corrected chi connectivity index (χ3v) is 6.60. The van der Waals surface area contributed by atoms with Crippen LogP contribution in [0.4, 0.5) is 5.69 Å². The first-order valence-corrected chi connectivity index (χ1v) is 11.6. The van der Waals surface area contributed by atoms with Crippen molar-refractivity contribution in [1.82, 2.24) is 5.32 Å². The zero-order valence-electron chi connectivity index (χ0n) is 16.7. The van der Waals surface area contributed by atoms with Crippen LogP contribution in [0, 0.1) is 0 Å². The maximum absolute atomic E-state index is 12.2. The number of carbonyl (C=O) groups excluding carboxylic acids is 2. The van der Waals surface area contributed by atoms with Crippen LogP contribution in [0.3, 0.4) is 0 Å². The zero-order chi connectivity index (χ0) is 23.4. The number of amides is 2. The van der Waals surface area contributed by atoms with Gasteiger partial charge in [0.2, 0.25) is 11.8 Å². The Bertz CT molecular complexity index is 1260. The number of furan rings is 1. The van der Waals surface area contributed by atoms with Crippen molar-refractivity contribution in [2.45, 2.75) is 11.7 Å². The third-order valence-electron chi connectivity index (χ3n) is 4.45. The van der Waals surface area contributed by atoms with Gasteiger partial charge in [0.05, 0.1) is 16.3 Å². The molecule has 2 aromatic carbocycles. The summed E-state index contributed by atoms with van der Waals surface area (Å²) in [5.74, 6) is 0.374. The highest BCUT2D eigenvalue weighted by Gasteiger charge is 2.32. The first-order valence-electron chi connectivity index (χ1n) is 9.57. The molecule has 33 heavy (non-hydrogen) atoms. The highest BCUT2D eigenvalue weighted by Crippen LogP contribution is 2.34. The van der Waals surface area contributed by atoms with Crippen LogP contribution in [0.25, 0.3) is 11.3 Å². The van der Waals surface area contributed by atoms with E-state index in [0.29, 0.717) is 43.0 Å². The first-order chi connectivity index (χ1) is 15.9. The summed E-state index contributed by atoms with van der Waals surface area (Å²) in [6, 6.07) is 15.4. The minimum Gasteiger partial charge on any atom is -0.455 e. The van der Waals surface area contributed by atoms with Crippen LogP contribution in [0.2, 0.25) is 15.1 Å². The predicted molar refractivity (Wildman–Crippen MR) is 133 cm³/mol. The van der Waals surface area contributed by atoms with Crippen molar-refractivity contribution in [3.63, 3.8) is 0 Å². The summed E-state index contributed by atoms with van der Waals surface area (Å²) in [6.07, 6.45) is 1.39. The van der Waals surface area contributed by atoms with Crippen LogP contribution >= 0.6 is 46.6 Å². The quantitative estimate of drug-likeness (QED) is 0.314. The number of benzene rings is 2. The first kappa shape index (κ1) is 23.4. The van der Waals surface area contributed by atoms with Gasteiger partial charge in [-0.3, -0.25) is 9.59 Å². The van der Waals surface area contributed by atoms with Crippen molar-refractivity contribution in [3.8, 4) is 11.3 Å². The van der Waals surface area contributed by atoms with Crippen molar-refractivity contribution in [2.24, 2.45) is 10.2 Å². The van der Waals surface area contributed by atoms with Gasteiger partial charge in [-0.15, -0.1) is 5.10 Å². The minimum absolute atomic E-state index is 0.0101. The van der Waals surface area contributed by atoms with Crippen molar-refractivity contribution < 1.29 is 14.0 Å². The second-order valence-electron chi connectivity index (χ2n) is 6.81. The molecule has 0 bridgehead atoms. The van der Waals surface area contributed by atoms with E-state index >= 15 is 0 Å². The molecule has 0 aliphatic carbocycles. The maximum atomic E-state index is 12.2. The molecule has 2 N–H and O–H groups in total. The number of rotatable bonds is 6. The molecule has 4 rings (SSSR count). The van der Waals surface area contributed by atoms with Crippen molar-refractivity contribution >= 4 is 75.4 Å². The molecule has 0 spiro atoms. The maximum Gasteiger partial charge on any atom is 0.240 e. The SMILES string of the molecule is O=C(CC1S/C(=N/N=C/c2ccc(-c3cccc(Cl)c3Cl)o2)NC1=O)Nc1ccc(Cl)cc1. The lowest BCUT2D eigenvalue weighted by Crippen LogP contribution is -2.28. The van der Waals surface area contributed by atoms with Gasteiger partial charge >= 0.3 is 0 Å². The van der Waals surface area contributed by atoms with Gasteiger partial charge in [0.1, 0.15) is 16.8 Å². The Morgan fingerprint density at radius 1 is 1.12 bits per heavy atom. The Hall–Kier alpha value is -2.78. The lowest BCUT2D eigenvalue weighted by molar-refractivity contribution is -0.122. The Morgan fingerprint density at radius 2 is 1.91 bits per heavy atom. The fraction of sp³-hybridized carbons (Fsp3) is 0.0909. The molecule has 1 aromatic heterocycles. The van der Waals surface area contributed by atoms with Crippen molar-refractivity contribution in [1.29, 1.82) is 0 Å². The molecular formula is C22H15Cl3N4O3S. The summed E-state index contributed by atoms with van der Waals surface area (Å²) >= 11 is 19.2. The summed E-state index contributed by atoms with van der Waals surface area (Å²) in [7, 11) is 0. The smallest absolute Gasteiger partial charge is 0.240 e. The molecule has 0 radical (unpaired) electrons. The fourth-order valence-corrected chi connectivity index (χ4v) is 4.34. The number of hydrogen-bond donors (Lipinski definition) is 2. The Morgan fingerprint density at radius 3 is 2.70 bits per heavy atom. The highest BCUT2D eigenvalue weighted by atomic mass is 35.5. The van der Waals surface area contributed by atoms with E-state index in [2.05, 4.69) is 20.8 Å². The number of amidine groups is 1. The van der Waals surface area contributed by atoms with Gasteiger partial charge in [0.25, 0.3) is 0 Å². The molecule has 0 saturated carbocycles. The van der Waals surface area contributed by atoms with E-state index < -0.39 is 5.25 Å². The lowest BCUT2D eigenvalue weighted by atomic mass is 10.2. The number of halogens is 3. The number of carbonyl (C=O) groups is 2. The summed E-state index contributed by atoms with van der Waals surface area (Å²) in [6.45, 7) is 0. The molecule has 1 aliphatic heterocycles. The van der Waals surface area contributed by atoms with Gasteiger partial charge in [-0.25, -0.2) is 0 Å². The number of thioether (sulfide) groups is 1. The molecule has 3 aromatic rings. The van der Waals surface area contributed by atoms with Gasteiger partial charge < -0.3 is 15.1 Å². The van der Waals surface area contributed by atoms with Crippen molar-refractivity contribution in [2.75, 3.05) is 5.32 Å². The largest absolute Gasteiger partial charge is 0.455 e. The average molecular weight is 522 g/mol. The zero-order valence-corrected chi connectivity index (χ0v) is 19.8. The Labute approximate surface area is 208 Å². The second kappa shape index (κ2) is 10.4. The topological polar surface area (TPSA) is 96.1 Å². The van der Waals surface area contributed by atoms with Crippen LogP contribution in [0.15, 0.2) is 69.2 Å². The summed E-state index contributed by atoms with van der Waals surface area (Å²) in [5.41, 5.74) is 1.26. The van der Waals surface area contributed by atoms with Crippen LogP contribution in [0.5, 0.6) is 0 Å². The molecule has 1 atom stereocenters. The van der Waals surface area contributed by atoms with E-state index in [1.54, 1.807) is 54.6 Å². The average Bonchev–Trinajstić information content (AvgIpc) is 3.38. The Balaban J connectivity index is 1.34.